The van der Waals surface area contributed by atoms with Crippen molar-refractivity contribution in [1.29, 1.82) is 0 Å². The first-order valence-electron chi connectivity index (χ1n) is 4.00. The van der Waals surface area contributed by atoms with Crippen LogP contribution in [0.4, 0.5) is 0 Å². The van der Waals surface area contributed by atoms with Gasteiger partial charge < -0.3 is 9.84 Å². The summed E-state index contributed by atoms with van der Waals surface area (Å²) in [5.74, 6) is 0. The Bertz CT molecular complexity index is 228. The minimum absolute atomic E-state index is 0.0989. The highest BCUT2D eigenvalue weighted by molar-refractivity contribution is 5.23. The topological polar surface area (TPSA) is 29.5 Å². The second kappa shape index (κ2) is 4.24. The quantitative estimate of drug-likeness (QED) is 0.743. The maximum Gasteiger partial charge on any atom is 0.0793 e. The molecule has 2 heteroatoms. The van der Waals surface area contributed by atoms with Crippen molar-refractivity contribution >= 4 is 0 Å². The van der Waals surface area contributed by atoms with Crippen LogP contribution in [0.3, 0.4) is 0 Å². The van der Waals surface area contributed by atoms with Crippen molar-refractivity contribution in [3.05, 3.63) is 35.4 Å². The maximum absolute atomic E-state index is 8.79. The van der Waals surface area contributed by atoms with Gasteiger partial charge >= 0.3 is 0 Å². The van der Waals surface area contributed by atoms with Crippen molar-refractivity contribution in [2.75, 3.05) is 7.11 Å². The molecule has 1 N–H and O–H groups in total. The summed E-state index contributed by atoms with van der Waals surface area (Å²) >= 11 is 0. The Morgan fingerprint density at radius 2 is 1.92 bits per heavy atom. The van der Waals surface area contributed by atoms with Gasteiger partial charge in [0.05, 0.1) is 12.7 Å². The van der Waals surface area contributed by atoms with Crippen molar-refractivity contribution < 1.29 is 9.84 Å². The van der Waals surface area contributed by atoms with E-state index in [4.69, 9.17) is 9.84 Å². The van der Waals surface area contributed by atoms with Crippen molar-refractivity contribution in [1.82, 2.24) is 0 Å². The van der Waals surface area contributed by atoms with E-state index >= 15 is 0 Å². The first kappa shape index (κ1) is 9.23. The molecule has 0 bridgehead atoms. The summed E-state index contributed by atoms with van der Waals surface area (Å²) in [5, 5.41) is 8.79. The van der Waals surface area contributed by atoms with Crippen LogP contribution in [0.15, 0.2) is 24.3 Å². The maximum atomic E-state index is 8.79. The molecule has 0 saturated carbocycles. The van der Waals surface area contributed by atoms with Crippen LogP contribution in [0, 0.1) is 0 Å². The summed E-state index contributed by atoms with van der Waals surface area (Å²) in [6.07, 6.45) is 0.123. The molecule has 0 aliphatic carbocycles. The van der Waals surface area contributed by atoms with E-state index in [1.165, 1.54) is 0 Å². The minimum Gasteiger partial charge on any atom is -0.392 e. The molecule has 0 radical (unpaired) electrons. The van der Waals surface area contributed by atoms with E-state index < -0.39 is 0 Å². The van der Waals surface area contributed by atoms with Gasteiger partial charge in [0.1, 0.15) is 0 Å². The second-order valence-electron chi connectivity index (χ2n) is 2.78. The van der Waals surface area contributed by atoms with E-state index in [2.05, 4.69) is 0 Å². The van der Waals surface area contributed by atoms with Gasteiger partial charge in [-0.15, -0.1) is 0 Å². The Balaban J connectivity index is 2.77. The lowest BCUT2D eigenvalue weighted by atomic mass is 10.1. The molecule has 1 aromatic carbocycles. The molecule has 66 valence electrons. The number of hydrogen-bond acceptors (Lipinski definition) is 2. The molecule has 0 heterocycles. The van der Waals surface area contributed by atoms with Gasteiger partial charge in [0.25, 0.3) is 0 Å². The van der Waals surface area contributed by atoms with E-state index in [1.807, 2.05) is 31.2 Å². The van der Waals surface area contributed by atoms with Gasteiger partial charge in [-0.3, -0.25) is 0 Å². The summed E-state index contributed by atoms with van der Waals surface area (Å²) in [7, 11) is 1.69. The highest BCUT2D eigenvalue weighted by Crippen LogP contribution is 2.15. The van der Waals surface area contributed by atoms with Gasteiger partial charge in [-0.25, -0.2) is 0 Å². The number of hydrogen-bond donors (Lipinski definition) is 1. The molecule has 12 heavy (non-hydrogen) atoms. The van der Waals surface area contributed by atoms with Crippen LogP contribution in [-0.2, 0) is 11.3 Å². The zero-order chi connectivity index (χ0) is 8.97. The van der Waals surface area contributed by atoms with Gasteiger partial charge in [0, 0.05) is 7.11 Å². The van der Waals surface area contributed by atoms with Crippen molar-refractivity contribution in [2.24, 2.45) is 0 Å². The Hall–Kier alpha value is -0.860. The first-order chi connectivity index (χ1) is 5.77. The van der Waals surface area contributed by atoms with Gasteiger partial charge in [-0.1, -0.05) is 24.3 Å². The van der Waals surface area contributed by atoms with Crippen LogP contribution >= 0.6 is 0 Å². The lowest BCUT2D eigenvalue weighted by Gasteiger charge is -2.09. The first-order valence-corrected chi connectivity index (χ1v) is 4.00. The fraction of sp³-hybridized carbons (Fsp3) is 0.400. The fourth-order valence-electron chi connectivity index (χ4n) is 1.03. The molecule has 0 saturated heterocycles. The average Bonchev–Trinajstić information content (AvgIpc) is 2.17. The Kier molecular flexibility index (Phi) is 3.26. The van der Waals surface area contributed by atoms with E-state index in [-0.39, 0.29) is 12.7 Å². The zero-order valence-corrected chi connectivity index (χ0v) is 7.45. The molecule has 0 aliphatic rings. The Morgan fingerprint density at radius 1 is 1.33 bits per heavy atom. The Labute approximate surface area is 72.8 Å². The highest BCUT2D eigenvalue weighted by Gasteiger charge is 2.01. The number of aliphatic hydroxyl groups is 1. The smallest absolute Gasteiger partial charge is 0.0793 e. The van der Waals surface area contributed by atoms with Crippen LogP contribution in [0.5, 0.6) is 0 Å². The molecule has 1 atom stereocenters. The number of aliphatic hydroxyl groups excluding tert-OH is 1. The lowest BCUT2D eigenvalue weighted by Crippen LogP contribution is -1.95. The zero-order valence-electron chi connectivity index (χ0n) is 7.45. The van der Waals surface area contributed by atoms with Gasteiger partial charge in [-0.2, -0.15) is 0 Å². The summed E-state index contributed by atoms with van der Waals surface area (Å²) in [4.78, 5) is 0. The van der Waals surface area contributed by atoms with Gasteiger partial charge in [-0.05, 0) is 18.1 Å². The van der Waals surface area contributed by atoms with Crippen LogP contribution < -0.4 is 0 Å². The van der Waals surface area contributed by atoms with Crippen molar-refractivity contribution in [2.45, 2.75) is 19.6 Å². The highest BCUT2D eigenvalue weighted by atomic mass is 16.5. The SMILES string of the molecule is COC(C)c1ccc(CO)cc1. The lowest BCUT2D eigenvalue weighted by molar-refractivity contribution is 0.119. The largest absolute Gasteiger partial charge is 0.392 e. The molecule has 1 rings (SSSR count). The van der Waals surface area contributed by atoms with E-state index in [9.17, 15) is 0 Å². The number of rotatable bonds is 3. The monoisotopic (exact) mass is 166 g/mol. The second-order valence-corrected chi connectivity index (χ2v) is 2.78. The minimum atomic E-state index is 0.0989. The molecular weight excluding hydrogens is 152 g/mol. The third-order valence-electron chi connectivity index (χ3n) is 1.99. The summed E-state index contributed by atoms with van der Waals surface area (Å²) in [6.45, 7) is 2.09. The van der Waals surface area contributed by atoms with Crippen LogP contribution in [0.1, 0.15) is 24.2 Å². The van der Waals surface area contributed by atoms with E-state index in [0.717, 1.165) is 11.1 Å². The van der Waals surface area contributed by atoms with Crippen molar-refractivity contribution in [3.8, 4) is 0 Å². The van der Waals surface area contributed by atoms with E-state index in [1.54, 1.807) is 7.11 Å². The molecule has 1 unspecified atom stereocenters. The fourth-order valence-corrected chi connectivity index (χ4v) is 1.03. The van der Waals surface area contributed by atoms with Crippen molar-refractivity contribution in [3.63, 3.8) is 0 Å². The Morgan fingerprint density at radius 3 is 2.33 bits per heavy atom. The molecular formula is C10H14O2. The van der Waals surface area contributed by atoms with Crippen LogP contribution in [0.25, 0.3) is 0 Å². The molecule has 0 fully saturated rings. The number of ether oxygens (including phenoxy) is 1. The van der Waals surface area contributed by atoms with Gasteiger partial charge in [0.2, 0.25) is 0 Å². The number of benzene rings is 1. The molecule has 0 aromatic heterocycles. The predicted octanol–water partition coefficient (Wildman–Crippen LogP) is 1.89. The molecule has 2 nitrogen and oxygen atoms in total. The summed E-state index contributed by atoms with van der Waals surface area (Å²) in [6, 6.07) is 7.76. The van der Waals surface area contributed by atoms with Crippen LogP contribution in [-0.4, -0.2) is 12.2 Å². The van der Waals surface area contributed by atoms with Crippen LogP contribution in [0.2, 0.25) is 0 Å². The molecule has 0 spiro atoms. The van der Waals surface area contributed by atoms with Gasteiger partial charge in [0.15, 0.2) is 0 Å². The summed E-state index contributed by atoms with van der Waals surface area (Å²) in [5.41, 5.74) is 2.07. The molecule has 0 aliphatic heterocycles. The van der Waals surface area contributed by atoms with E-state index in [0.29, 0.717) is 0 Å². The standard InChI is InChI=1S/C10H14O2/c1-8(12-2)10-5-3-9(7-11)4-6-10/h3-6,8,11H,7H2,1-2H3. The predicted molar refractivity (Wildman–Crippen MR) is 47.8 cm³/mol. The molecule has 1 aromatic rings. The average molecular weight is 166 g/mol. The number of methoxy groups -OCH3 is 1. The molecule has 0 amide bonds. The normalized spacial score (nSPS) is 12.9. The third kappa shape index (κ3) is 2.06. The summed E-state index contributed by atoms with van der Waals surface area (Å²) < 4.78 is 5.15. The third-order valence-corrected chi connectivity index (χ3v) is 1.99.